The van der Waals surface area contributed by atoms with E-state index in [4.69, 9.17) is 9.47 Å². The van der Waals surface area contributed by atoms with Crippen LogP contribution in [0.2, 0.25) is 0 Å². The second kappa shape index (κ2) is 5.99. The summed E-state index contributed by atoms with van der Waals surface area (Å²) in [6.07, 6.45) is 0.957. The minimum absolute atomic E-state index is 0.0464. The van der Waals surface area contributed by atoms with E-state index in [1.807, 2.05) is 31.2 Å². The monoisotopic (exact) mass is 261 g/mol. The Labute approximate surface area is 110 Å². The molecule has 0 saturated carbocycles. The lowest BCUT2D eigenvalue weighted by Crippen LogP contribution is -2.14. The molecule has 2 rings (SSSR count). The van der Waals surface area contributed by atoms with E-state index in [1.54, 1.807) is 0 Å². The second-order valence-corrected chi connectivity index (χ2v) is 3.86. The zero-order valence-corrected chi connectivity index (χ0v) is 10.8. The van der Waals surface area contributed by atoms with E-state index < -0.39 is 5.69 Å². The van der Waals surface area contributed by atoms with Crippen LogP contribution >= 0.6 is 0 Å². The van der Waals surface area contributed by atoms with Crippen LogP contribution in [0.4, 0.5) is 0 Å². The van der Waals surface area contributed by atoms with Gasteiger partial charge in [0.2, 0.25) is 0 Å². The van der Waals surface area contributed by atoms with Gasteiger partial charge in [0.05, 0.1) is 13.7 Å². The van der Waals surface area contributed by atoms with Crippen molar-refractivity contribution in [1.29, 1.82) is 0 Å². The molecule has 0 radical (unpaired) electrons. The average Bonchev–Trinajstić information content (AvgIpc) is 2.45. The fourth-order valence-electron chi connectivity index (χ4n) is 1.52. The summed E-state index contributed by atoms with van der Waals surface area (Å²) in [5.74, 6) is 1.20. The number of hydrogen-bond donors (Lipinski definition) is 1. The minimum Gasteiger partial charge on any atom is -0.494 e. The average molecular weight is 261 g/mol. The maximum absolute atomic E-state index is 11.3. The number of nitrogens with zero attached hydrogens (tertiary/aromatic N) is 2. The SMILES string of the molecule is CCCOc1ccc(-c2nc(OC)nc(=O)[nH]2)cc1. The van der Waals surface area contributed by atoms with Gasteiger partial charge in [-0.05, 0) is 30.7 Å². The van der Waals surface area contributed by atoms with Gasteiger partial charge in [0.25, 0.3) is 0 Å². The van der Waals surface area contributed by atoms with Crippen LogP contribution in [0, 0.1) is 0 Å². The van der Waals surface area contributed by atoms with Crippen LogP contribution in [-0.4, -0.2) is 28.7 Å². The summed E-state index contributed by atoms with van der Waals surface area (Å²) < 4.78 is 10.4. The van der Waals surface area contributed by atoms with Crippen molar-refractivity contribution >= 4 is 0 Å². The highest BCUT2D eigenvalue weighted by Gasteiger charge is 2.05. The number of H-pyrrole nitrogens is 1. The summed E-state index contributed by atoms with van der Waals surface area (Å²) >= 11 is 0. The van der Waals surface area contributed by atoms with Gasteiger partial charge in [-0.15, -0.1) is 4.98 Å². The molecule has 0 aliphatic heterocycles. The van der Waals surface area contributed by atoms with Crippen LogP contribution in [-0.2, 0) is 0 Å². The van der Waals surface area contributed by atoms with Crippen LogP contribution in [0.15, 0.2) is 29.1 Å². The van der Waals surface area contributed by atoms with Gasteiger partial charge in [-0.3, -0.25) is 4.98 Å². The Hall–Kier alpha value is -2.37. The normalized spacial score (nSPS) is 10.2. The van der Waals surface area contributed by atoms with Crippen molar-refractivity contribution in [1.82, 2.24) is 15.0 Å². The third-order valence-corrected chi connectivity index (χ3v) is 2.41. The van der Waals surface area contributed by atoms with Gasteiger partial charge in [0, 0.05) is 5.56 Å². The third-order valence-electron chi connectivity index (χ3n) is 2.41. The van der Waals surface area contributed by atoms with Gasteiger partial charge in [0.15, 0.2) is 0 Å². The maximum atomic E-state index is 11.3. The predicted molar refractivity (Wildman–Crippen MR) is 70.4 cm³/mol. The molecule has 0 spiro atoms. The van der Waals surface area contributed by atoms with Gasteiger partial charge in [-0.25, -0.2) is 4.79 Å². The van der Waals surface area contributed by atoms with Crippen molar-refractivity contribution in [2.45, 2.75) is 13.3 Å². The quantitative estimate of drug-likeness (QED) is 0.885. The highest BCUT2D eigenvalue weighted by Crippen LogP contribution is 2.19. The summed E-state index contributed by atoms with van der Waals surface area (Å²) in [5.41, 5.74) is 0.273. The van der Waals surface area contributed by atoms with Crippen LogP contribution in [0.5, 0.6) is 11.8 Å². The molecule has 0 aliphatic carbocycles. The number of aromatic amines is 1. The predicted octanol–water partition coefficient (Wildman–Crippen LogP) is 1.63. The molecule has 0 saturated heterocycles. The Kier molecular flexibility index (Phi) is 4.12. The molecule has 1 aromatic carbocycles. The first-order valence-corrected chi connectivity index (χ1v) is 5.98. The van der Waals surface area contributed by atoms with E-state index in [1.165, 1.54) is 7.11 Å². The summed E-state index contributed by atoms with van der Waals surface area (Å²) in [6, 6.07) is 7.35. The van der Waals surface area contributed by atoms with Crippen molar-refractivity contribution in [3.63, 3.8) is 0 Å². The first-order chi connectivity index (χ1) is 9.22. The van der Waals surface area contributed by atoms with Gasteiger partial charge in [-0.2, -0.15) is 4.98 Å². The van der Waals surface area contributed by atoms with Gasteiger partial charge in [-0.1, -0.05) is 6.92 Å². The minimum atomic E-state index is -0.492. The Morgan fingerprint density at radius 3 is 2.58 bits per heavy atom. The number of methoxy groups -OCH3 is 1. The standard InChI is InChI=1S/C13H15N3O3/c1-3-8-19-10-6-4-9(5-7-10)11-14-12(17)16-13(15-11)18-2/h4-7H,3,8H2,1-2H3,(H,14,15,16,17). The number of rotatable bonds is 5. The highest BCUT2D eigenvalue weighted by atomic mass is 16.5. The number of hydrogen-bond acceptors (Lipinski definition) is 5. The zero-order valence-electron chi connectivity index (χ0n) is 10.8. The molecular formula is C13H15N3O3. The number of nitrogens with one attached hydrogen (secondary N) is 1. The highest BCUT2D eigenvalue weighted by molar-refractivity contribution is 5.55. The van der Waals surface area contributed by atoms with E-state index in [-0.39, 0.29) is 6.01 Å². The summed E-state index contributed by atoms with van der Waals surface area (Å²) in [7, 11) is 1.42. The Morgan fingerprint density at radius 1 is 1.21 bits per heavy atom. The van der Waals surface area contributed by atoms with Crippen LogP contribution in [0.25, 0.3) is 11.4 Å². The van der Waals surface area contributed by atoms with Gasteiger partial charge >= 0.3 is 11.7 Å². The third kappa shape index (κ3) is 3.31. The van der Waals surface area contributed by atoms with E-state index in [9.17, 15) is 4.79 Å². The molecule has 6 heteroatoms. The van der Waals surface area contributed by atoms with Crippen molar-refractivity contribution < 1.29 is 9.47 Å². The molecule has 1 N–H and O–H groups in total. The van der Waals surface area contributed by atoms with Crippen molar-refractivity contribution in [3.8, 4) is 23.1 Å². The smallest absolute Gasteiger partial charge is 0.351 e. The lowest BCUT2D eigenvalue weighted by molar-refractivity contribution is 0.317. The second-order valence-electron chi connectivity index (χ2n) is 3.86. The van der Waals surface area contributed by atoms with Gasteiger partial charge in [0.1, 0.15) is 11.6 Å². The summed E-state index contributed by atoms with van der Waals surface area (Å²) in [6.45, 7) is 2.73. The van der Waals surface area contributed by atoms with Crippen molar-refractivity contribution in [2.24, 2.45) is 0 Å². The van der Waals surface area contributed by atoms with Gasteiger partial charge < -0.3 is 9.47 Å². The fourth-order valence-corrected chi connectivity index (χ4v) is 1.52. The zero-order chi connectivity index (χ0) is 13.7. The Bertz CT molecular complexity index is 593. The molecule has 0 amide bonds. The first-order valence-electron chi connectivity index (χ1n) is 5.98. The topological polar surface area (TPSA) is 77.1 Å². The number of benzene rings is 1. The van der Waals surface area contributed by atoms with Crippen molar-refractivity contribution in [2.75, 3.05) is 13.7 Å². The number of ether oxygens (including phenoxy) is 2. The summed E-state index contributed by atoms with van der Waals surface area (Å²) in [5, 5.41) is 0. The van der Waals surface area contributed by atoms with Crippen LogP contribution in [0.3, 0.4) is 0 Å². The first kappa shape index (κ1) is 13.1. The van der Waals surface area contributed by atoms with Crippen LogP contribution in [0.1, 0.15) is 13.3 Å². The Morgan fingerprint density at radius 2 is 1.95 bits per heavy atom. The molecule has 1 aromatic heterocycles. The molecule has 1 heterocycles. The van der Waals surface area contributed by atoms with E-state index in [2.05, 4.69) is 15.0 Å². The molecule has 0 bridgehead atoms. The molecule has 6 nitrogen and oxygen atoms in total. The summed E-state index contributed by atoms with van der Waals surface area (Å²) in [4.78, 5) is 21.6. The maximum Gasteiger partial charge on any atom is 0.351 e. The Balaban J connectivity index is 2.26. The molecule has 0 atom stereocenters. The largest absolute Gasteiger partial charge is 0.494 e. The fraction of sp³-hybridized carbons (Fsp3) is 0.308. The van der Waals surface area contributed by atoms with E-state index in [0.29, 0.717) is 12.4 Å². The molecule has 0 unspecified atom stereocenters. The van der Waals surface area contributed by atoms with Crippen LogP contribution < -0.4 is 15.2 Å². The molecule has 2 aromatic rings. The lowest BCUT2D eigenvalue weighted by atomic mass is 10.2. The molecule has 100 valence electrons. The molecular weight excluding hydrogens is 246 g/mol. The molecule has 0 fully saturated rings. The van der Waals surface area contributed by atoms with E-state index in [0.717, 1.165) is 17.7 Å². The van der Waals surface area contributed by atoms with E-state index >= 15 is 0 Å². The lowest BCUT2D eigenvalue weighted by Gasteiger charge is -2.06. The number of aromatic nitrogens is 3. The molecule has 19 heavy (non-hydrogen) atoms. The molecule has 0 aliphatic rings. The van der Waals surface area contributed by atoms with Crippen molar-refractivity contribution in [3.05, 3.63) is 34.7 Å².